The van der Waals surface area contributed by atoms with E-state index in [-0.39, 0.29) is 17.4 Å². The molecule has 3 aliphatic heterocycles. The number of hydrogen-bond donors (Lipinski definition) is 1. The maximum atomic E-state index is 14.2. The van der Waals surface area contributed by atoms with Crippen LogP contribution in [-0.4, -0.2) is 44.1 Å². The van der Waals surface area contributed by atoms with Crippen LogP contribution in [0.1, 0.15) is 66.3 Å². The van der Waals surface area contributed by atoms with Gasteiger partial charge in [0, 0.05) is 30.6 Å². The van der Waals surface area contributed by atoms with Crippen LogP contribution in [0, 0.1) is 0 Å². The lowest BCUT2D eigenvalue weighted by Crippen LogP contribution is -2.54. The van der Waals surface area contributed by atoms with E-state index in [1.54, 1.807) is 18.2 Å². The summed E-state index contributed by atoms with van der Waals surface area (Å²) in [5.41, 5.74) is 6.64. The number of urea groups is 1. The third-order valence-corrected chi connectivity index (χ3v) is 9.24. The number of anilines is 2. The number of ether oxygens (including phenoxy) is 2. The Morgan fingerprint density at radius 3 is 1.89 bits per heavy atom. The molecule has 0 aliphatic carbocycles. The first-order valence-corrected chi connectivity index (χ1v) is 16.3. The molecule has 47 heavy (non-hydrogen) atoms. The van der Waals surface area contributed by atoms with E-state index < -0.39 is 17.8 Å². The Morgan fingerprint density at radius 1 is 0.745 bits per heavy atom. The largest absolute Gasteiger partial charge is 0.490 e. The molecule has 1 saturated heterocycles. The first-order chi connectivity index (χ1) is 23.0. The molecule has 4 amide bonds. The highest BCUT2D eigenvalue weighted by Gasteiger charge is 2.40. The van der Waals surface area contributed by atoms with Crippen LogP contribution in [0.15, 0.2) is 96.6 Å². The van der Waals surface area contributed by atoms with Gasteiger partial charge in [0.1, 0.15) is 5.57 Å². The van der Waals surface area contributed by atoms with Crippen molar-refractivity contribution in [3.63, 3.8) is 0 Å². The number of barbiturate groups is 1. The lowest BCUT2D eigenvalue weighted by Gasteiger charge is -2.44. The number of benzene rings is 4. The first kappa shape index (κ1) is 30.3. The minimum Gasteiger partial charge on any atom is -0.490 e. The fraction of sp³-hybridized carbons (Fsp3) is 0.256. The Kier molecular flexibility index (Phi) is 8.24. The van der Waals surface area contributed by atoms with E-state index in [1.807, 2.05) is 62.4 Å². The Morgan fingerprint density at radius 2 is 1.32 bits per heavy atom. The van der Waals surface area contributed by atoms with Gasteiger partial charge in [-0.2, -0.15) is 0 Å². The van der Waals surface area contributed by atoms with Crippen molar-refractivity contribution < 1.29 is 23.9 Å². The molecule has 1 fully saturated rings. The van der Waals surface area contributed by atoms with Crippen molar-refractivity contribution in [2.75, 3.05) is 36.1 Å². The second-order valence-corrected chi connectivity index (χ2v) is 12.0. The minimum atomic E-state index is -0.762. The van der Waals surface area contributed by atoms with E-state index in [1.165, 1.54) is 22.9 Å². The molecule has 0 radical (unpaired) electrons. The molecule has 1 N–H and O–H groups in total. The topological polar surface area (TPSA) is 88.2 Å². The molecule has 0 aromatic heterocycles. The van der Waals surface area contributed by atoms with E-state index in [2.05, 4.69) is 34.5 Å². The number of nitrogens with zero attached hydrogens (tertiary/aromatic N) is 2. The first-order valence-electron chi connectivity index (χ1n) is 16.3. The van der Waals surface area contributed by atoms with Crippen molar-refractivity contribution in [3.8, 4) is 11.5 Å². The van der Waals surface area contributed by atoms with Crippen molar-refractivity contribution in [1.29, 1.82) is 0 Å². The number of hydrogen-bond acceptors (Lipinski definition) is 6. The van der Waals surface area contributed by atoms with Crippen LogP contribution in [0.3, 0.4) is 0 Å². The number of rotatable bonds is 8. The van der Waals surface area contributed by atoms with Crippen molar-refractivity contribution in [3.05, 3.63) is 124 Å². The van der Waals surface area contributed by atoms with Gasteiger partial charge < -0.3 is 14.4 Å². The van der Waals surface area contributed by atoms with Gasteiger partial charge in [0.05, 0.1) is 18.9 Å². The summed E-state index contributed by atoms with van der Waals surface area (Å²) in [6.45, 7) is 6.51. The standard InChI is InChI=1S/C39H37N3O5/c1-3-46-34-16-15-25(22-35(34)47-4-2)21-33-37(43)40-39(45)42(38(33)44)28-23-31-29(26-11-7-5-8-12-26)17-19-41-20-18-30(32(24-28)36(31)41)27-13-9-6-10-14-27/h5-16,21-24,29-30H,3-4,17-20H2,1-2H3,(H,40,43,45)/b33-21+/t29-,30-/m1/s1. The van der Waals surface area contributed by atoms with Gasteiger partial charge in [0.15, 0.2) is 11.5 Å². The third-order valence-electron chi connectivity index (χ3n) is 9.24. The summed E-state index contributed by atoms with van der Waals surface area (Å²) < 4.78 is 11.4. The molecule has 0 bridgehead atoms. The number of carbonyl (C=O) groups excluding carboxylic acids is 3. The smallest absolute Gasteiger partial charge is 0.335 e. The van der Waals surface area contributed by atoms with E-state index in [0.717, 1.165) is 42.0 Å². The summed E-state index contributed by atoms with van der Waals surface area (Å²) in [6.07, 6.45) is 3.33. The van der Waals surface area contributed by atoms with Crippen molar-refractivity contribution in [2.45, 2.75) is 38.5 Å². The number of carbonyl (C=O) groups is 3. The van der Waals surface area contributed by atoms with E-state index in [9.17, 15) is 14.4 Å². The highest BCUT2D eigenvalue weighted by atomic mass is 16.5. The van der Waals surface area contributed by atoms with Crippen molar-refractivity contribution in [2.24, 2.45) is 0 Å². The Labute approximate surface area is 274 Å². The third kappa shape index (κ3) is 5.65. The second-order valence-electron chi connectivity index (χ2n) is 12.0. The van der Waals surface area contributed by atoms with Crippen LogP contribution in [0.2, 0.25) is 0 Å². The maximum absolute atomic E-state index is 14.2. The predicted molar refractivity (Wildman–Crippen MR) is 182 cm³/mol. The van der Waals surface area contributed by atoms with Crippen molar-refractivity contribution >= 4 is 35.3 Å². The molecule has 7 rings (SSSR count). The second kappa shape index (κ2) is 12.8. The molecule has 0 spiro atoms. The molecule has 4 aromatic rings. The molecular weight excluding hydrogens is 590 g/mol. The summed E-state index contributed by atoms with van der Waals surface area (Å²) in [5, 5.41) is 2.42. The highest BCUT2D eigenvalue weighted by molar-refractivity contribution is 6.39. The zero-order valence-electron chi connectivity index (χ0n) is 26.6. The lowest BCUT2D eigenvalue weighted by molar-refractivity contribution is -0.122. The molecule has 4 aromatic carbocycles. The molecule has 0 saturated carbocycles. The van der Waals surface area contributed by atoms with Gasteiger partial charge in [-0.05, 0) is 84.8 Å². The van der Waals surface area contributed by atoms with Gasteiger partial charge in [0.2, 0.25) is 0 Å². The van der Waals surface area contributed by atoms with Gasteiger partial charge in [0.25, 0.3) is 11.8 Å². The zero-order chi connectivity index (χ0) is 32.5. The minimum absolute atomic E-state index is 0.0936. The number of nitrogens with one attached hydrogen (secondary N) is 1. The Hall–Kier alpha value is -5.37. The summed E-state index contributed by atoms with van der Waals surface area (Å²) in [7, 11) is 0. The fourth-order valence-corrected chi connectivity index (χ4v) is 7.18. The van der Waals surface area contributed by atoms with Crippen LogP contribution in [-0.2, 0) is 9.59 Å². The average Bonchev–Trinajstić information content (AvgIpc) is 3.09. The molecule has 3 heterocycles. The van der Waals surface area contributed by atoms with Crippen LogP contribution < -0.4 is 24.6 Å². The number of imide groups is 2. The van der Waals surface area contributed by atoms with Crippen molar-refractivity contribution in [1.82, 2.24) is 5.32 Å². The summed E-state index contributed by atoms with van der Waals surface area (Å²) in [4.78, 5) is 44.4. The summed E-state index contributed by atoms with van der Waals surface area (Å²) in [5.74, 6) is -0.137. The maximum Gasteiger partial charge on any atom is 0.335 e. The van der Waals surface area contributed by atoms with E-state index >= 15 is 0 Å². The van der Waals surface area contributed by atoms with Crippen LogP contribution in [0.4, 0.5) is 16.2 Å². The molecule has 238 valence electrons. The number of amides is 4. The SMILES string of the molecule is CCOc1ccc(/C=C2\C(=O)NC(=O)N(c3cc4c5c(c3)[C@@H](c3ccccc3)CCN5CC[C@@H]4c3ccccc3)C2=O)cc1OCC. The molecule has 8 nitrogen and oxygen atoms in total. The molecule has 0 unspecified atom stereocenters. The Bertz CT molecular complexity index is 1800. The van der Waals surface area contributed by atoms with Gasteiger partial charge >= 0.3 is 6.03 Å². The monoisotopic (exact) mass is 627 g/mol. The van der Waals surface area contributed by atoms with Crippen LogP contribution >= 0.6 is 0 Å². The molecule has 3 aliphatic rings. The quantitative estimate of drug-likeness (QED) is 0.167. The summed E-state index contributed by atoms with van der Waals surface area (Å²) >= 11 is 0. The molecule has 8 heteroatoms. The van der Waals surface area contributed by atoms with E-state index in [0.29, 0.717) is 36.0 Å². The van der Waals surface area contributed by atoms with Crippen LogP contribution in [0.25, 0.3) is 6.08 Å². The average molecular weight is 628 g/mol. The fourth-order valence-electron chi connectivity index (χ4n) is 7.18. The van der Waals surface area contributed by atoms with E-state index in [4.69, 9.17) is 9.47 Å². The van der Waals surface area contributed by atoms with Crippen LogP contribution in [0.5, 0.6) is 11.5 Å². The highest BCUT2D eigenvalue weighted by Crippen LogP contribution is 2.50. The molecule has 2 atom stereocenters. The van der Waals surface area contributed by atoms with Gasteiger partial charge in [-0.3, -0.25) is 14.9 Å². The van der Waals surface area contributed by atoms with Gasteiger partial charge in [-0.15, -0.1) is 0 Å². The summed E-state index contributed by atoms with van der Waals surface area (Å²) in [6, 6.07) is 29.2. The van der Waals surface area contributed by atoms with Gasteiger partial charge in [-0.25, -0.2) is 9.69 Å². The normalized spacial score (nSPS) is 19.8. The lowest BCUT2D eigenvalue weighted by atomic mass is 9.76. The zero-order valence-corrected chi connectivity index (χ0v) is 26.6. The molecular formula is C39H37N3O5. The van der Waals surface area contributed by atoms with Gasteiger partial charge in [-0.1, -0.05) is 66.7 Å². The Balaban J connectivity index is 1.35. The predicted octanol–water partition coefficient (Wildman–Crippen LogP) is 7.03.